The maximum atomic E-state index is 12.8. The van der Waals surface area contributed by atoms with E-state index in [-0.39, 0.29) is 23.5 Å². The minimum atomic E-state index is -0.277. The number of anilines is 1. The molecule has 0 unspecified atom stereocenters. The summed E-state index contributed by atoms with van der Waals surface area (Å²) in [4.78, 5) is 30.7. The maximum Gasteiger partial charge on any atom is 0.273 e. The number of amides is 1. The van der Waals surface area contributed by atoms with Crippen molar-refractivity contribution in [2.75, 3.05) is 37.7 Å². The van der Waals surface area contributed by atoms with E-state index >= 15 is 0 Å². The van der Waals surface area contributed by atoms with E-state index in [1.165, 1.54) is 11.3 Å². The highest BCUT2D eigenvalue weighted by molar-refractivity contribution is 7.07. The monoisotopic (exact) mass is 415 g/mol. The molecular weight excluding hydrogens is 390 g/mol. The first-order valence-electron chi connectivity index (χ1n) is 10.1. The van der Waals surface area contributed by atoms with Crippen LogP contribution in [0.5, 0.6) is 0 Å². The number of likely N-dealkylation sites (tertiary alicyclic amines) is 1. The normalized spacial score (nSPS) is 29.3. The molecule has 0 N–H and O–H groups in total. The van der Waals surface area contributed by atoms with Gasteiger partial charge in [-0.1, -0.05) is 0 Å². The quantitative estimate of drug-likeness (QED) is 0.741. The van der Waals surface area contributed by atoms with E-state index in [9.17, 15) is 4.79 Å². The molecule has 0 aliphatic carbocycles. The van der Waals surface area contributed by atoms with Crippen LogP contribution in [0, 0.1) is 0 Å². The summed E-state index contributed by atoms with van der Waals surface area (Å²) in [6.45, 7) is 8.10. The van der Waals surface area contributed by atoms with Crippen LogP contribution in [0.4, 0.5) is 5.95 Å². The van der Waals surface area contributed by atoms with Gasteiger partial charge in [-0.15, -0.1) is 11.3 Å². The minimum absolute atomic E-state index is 0.0136. The summed E-state index contributed by atoms with van der Waals surface area (Å²) < 4.78 is 11.8. The fraction of sp³-hybridized carbons (Fsp3) is 0.600. The van der Waals surface area contributed by atoms with E-state index < -0.39 is 0 Å². The van der Waals surface area contributed by atoms with Crippen LogP contribution in [-0.4, -0.2) is 70.8 Å². The standard InChI is InChI=1S/C20H25N5O3S/c1-13-6-25(7-14(2)28-13)19-21-5-15-8-27-11-20(17(15)23-19)3-4-24(10-20)18(26)16-9-29-12-22-16/h5,9,12-14H,3-4,6-8,10-11H2,1-2H3/t13-,14-,20+/m1/s1. The Labute approximate surface area is 173 Å². The van der Waals surface area contributed by atoms with Crippen LogP contribution in [-0.2, 0) is 21.5 Å². The summed E-state index contributed by atoms with van der Waals surface area (Å²) >= 11 is 1.44. The lowest BCUT2D eigenvalue weighted by molar-refractivity contribution is -0.00584. The van der Waals surface area contributed by atoms with Crippen LogP contribution in [0.15, 0.2) is 17.1 Å². The summed E-state index contributed by atoms with van der Waals surface area (Å²) in [5.74, 6) is 0.733. The maximum absolute atomic E-state index is 12.8. The Morgan fingerprint density at radius 3 is 2.86 bits per heavy atom. The molecule has 2 aromatic rings. The minimum Gasteiger partial charge on any atom is -0.376 e. The van der Waals surface area contributed by atoms with Crippen molar-refractivity contribution in [3.05, 3.63) is 34.0 Å². The van der Waals surface area contributed by atoms with Gasteiger partial charge in [0.05, 0.1) is 42.0 Å². The molecule has 5 heterocycles. The highest BCUT2D eigenvalue weighted by Crippen LogP contribution is 2.40. The second kappa shape index (κ2) is 7.30. The highest BCUT2D eigenvalue weighted by Gasteiger charge is 2.46. The molecule has 1 spiro atoms. The van der Waals surface area contributed by atoms with Crippen LogP contribution in [0.25, 0.3) is 0 Å². The Bertz CT molecular complexity index is 898. The molecule has 154 valence electrons. The van der Waals surface area contributed by atoms with E-state index in [1.54, 1.807) is 10.9 Å². The van der Waals surface area contributed by atoms with Crippen LogP contribution in [0.2, 0.25) is 0 Å². The molecule has 2 aromatic heterocycles. The van der Waals surface area contributed by atoms with Gasteiger partial charge in [0.15, 0.2) is 0 Å². The fourth-order valence-electron chi connectivity index (χ4n) is 4.72. The van der Waals surface area contributed by atoms with Crippen molar-refractivity contribution in [1.29, 1.82) is 0 Å². The Hall–Kier alpha value is -2.10. The summed E-state index contributed by atoms with van der Waals surface area (Å²) in [5, 5.41) is 1.81. The van der Waals surface area contributed by atoms with Crippen molar-refractivity contribution in [2.45, 2.75) is 44.5 Å². The average molecular weight is 416 g/mol. The Morgan fingerprint density at radius 1 is 1.28 bits per heavy atom. The summed E-state index contributed by atoms with van der Waals surface area (Å²) in [7, 11) is 0. The number of nitrogens with zero attached hydrogens (tertiary/aromatic N) is 5. The Morgan fingerprint density at radius 2 is 2.10 bits per heavy atom. The first-order chi connectivity index (χ1) is 14.0. The fourth-order valence-corrected chi connectivity index (χ4v) is 5.24. The van der Waals surface area contributed by atoms with Crippen molar-refractivity contribution in [3.8, 4) is 0 Å². The van der Waals surface area contributed by atoms with Gasteiger partial charge in [0, 0.05) is 43.3 Å². The number of hydrogen-bond donors (Lipinski definition) is 0. The van der Waals surface area contributed by atoms with Crippen LogP contribution >= 0.6 is 11.3 Å². The van der Waals surface area contributed by atoms with Gasteiger partial charge in [-0.05, 0) is 20.3 Å². The molecular formula is C20H25N5O3S. The lowest BCUT2D eigenvalue weighted by atomic mass is 9.80. The van der Waals surface area contributed by atoms with Crippen molar-refractivity contribution in [1.82, 2.24) is 19.9 Å². The third-order valence-corrected chi connectivity index (χ3v) is 6.57. The van der Waals surface area contributed by atoms with Crippen molar-refractivity contribution in [3.63, 3.8) is 0 Å². The van der Waals surface area contributed by atoms with Gasteiger partial charge in [-0.25, -0.2) is 15.0 Å². The number of carbonyl (C=O) groups excluding carboxylic acids is 1. The zero-order valence-corrected chi connectivity index (χ0v) is 17.5. The third-order valence-electron chi connectivity index (χ3n) is 5.98. The van der Waals surface area contributed by atoms with Crippen LogP contribution < -0.4 is 4.90 Å². The van der Waals surface area contributed by atoms with Crippen molar-refractivity contribution >= 4 is 23.2 Å². The summed E-state index contributed by atoms with van der Waals surface area (Å²) in [5.41, 5.74) is 4.00. The zero-order chi connectivity index (χ0) is 20.0. The molecule has 0 saturated carbocycles. The molecule has 0 bridgehead atoms. The number of carbonyl (C=O) groups is 1. The lowest BCUT2D eigenvalue weighted by Crippen LogP contribution is -2.47. The number of morpholine rings is 1. The number of ether oxygens (including phenoxy) is 2. The van der Waals surface area contributed by atoms with E-state index in [4.69, 9.17) is 14.5 Å². The summed E-state index contributed by atoms with van der Waals surface area (Å²) in [6, 6.07) is 0. The van der Waals surface area contributed by atoms with Gasteiger partial charge in [0.25, 0.3) is 5.91 Å². The zero-order valence-electron chi connectivity index (χ0n) is 16.7. The van der Waals surface area contributed by atoms with Gasteiger partial charge in [-0.2, -0.15) is 0 Å². The smallest absolute Gasteiger partial charge is 0.273 e. The molecule has 1 amide bonds. The van der Waals surface area contributed by atoms with E-state index in [0.29, 0.717) is 32.0 Å². The molecule has 0 radical (unpaired) electrons. The molecule has 29 heavy (non-hydrogen) atoms. The van der Waals surface area contributed by atoms with Crippen molar-refractivity contribution in [2.24, 2.45) is 0 Å². The SMILES string of the molecule is C[C@@H]1CN(c2ncc3c(n2)[C@]2(CCN(C(=O)c4cscn4)C2)COC3)C[C@@H](C)O1. The number of fused-ring (bicyclic) bond motifs is 2. The van der Waals surface area contributed by atoms with Crippen LogP contribution in [0.1, 0.15) is 42.0 Å². The van der Waals surface area contributed by atoms with Gasteiger partial charge >= 0.3 is 0 Å². The van der Waals surface area contributed by atoms with E-state index in [2.05, 4.69) is 28.7 Å². The molecule has 8 nitrogen and oxygen atoms in total. The Balaban J connectivity index is 1.43. The predicted molar refractivity (Wildman–Crippen MR) is 108 cm³/mol. The molecule has 3 aliphatic heterocycles. The number of hydrogen-bond acceptors (Lipinski definition) is 8. The molecule has 5 rings (SSSR count). The highest BCUT2D eigenvalue weighted by atomic mass is 32.1. The lowest BCUT2D eigenvalue weighted by Gasteiger charge is -2.38. The largest absolute Gasteiger partial charge is 0.376 e. The average Bonchev–Trinajstić information content (AvgIpc) is 3.38. The van der Waals surface area contributed by atoms with E-state index in [1.807, 2.05) is 11.1 Å². The second-order valence-corrected chi connectivity index (χ2v) is 9.05. The van der Waals surface area contributed by atoms with Gasteiger partial charge in [0.1, 0.15) is 5.69 Å². The summed E-state index contributed by atoms with van der Waals surface area (Å²) in [6.07, 6.45) is 3.03. The first-order valence-corrected chi connectivity index (χ1v) is 11.0. The van der Waals surface area contributed by atoms with E-state index in [0.717, 1.165) is 36.7 Å². The predicted octanol–water partition coefficient (Wildman–Crippen LogP) is 1.86. The molecule has 2 fully saturated rings. The molecule has 2 saturated heterocycles. The topological polar surface area (TPSA) is 80.7 Å². The molecule has 3 atom stereocenters. The number of thiazole rings is 1. The molecule has 3 aliphatic rings. The second-order valence-electron chi connectivity index (χ2n) is 8.33. The molecule has 0 aromatic carbocycles. The number of aromatic nitrogens is 3. The molecule has 9 heteroatoms. The van der Waals surface area contributed by atoms with Gasteiger partial charge in [0.2, 0.25) is 5.95 Å². The Kier molecular flexibility index (Phi) is 4.76. The van der Waals surface area contributed by atoms with Crippen LogP contribution in [0.3, 0.4) is 0 Å². The van der Waals surface area contributed by atoms with Gasteiger partial charge < -0.3 is 19.3 Å². The third kappa shape index (κ3) is 3.41. The van der Waals surface area contributed by atoms with Gasteiger partial charge in [-0.3, -0.25) is 4.79 Å². The first kappa shape index (κ1) is 18.9. The number of rotatable bonds is 2. The van der Waals surface area contributed by atoms with Crippen molar-refractivity contribution < 1.29 is 14.3 Å².